The molecule has 196 valence electrons. The Kier molecular flexibility index (Phi) is 3.54. The number of para-hydroxylation sites is 1. The molecule has 0 saturated carbocycles. The number of benzene rings is 7. The molecule has 0 saturated heterocycles. The molecule has 0 amide bonds. The summed E-state index contributed by atoms with van der Waals surface area (Å²) in [5.74, 6) is 0.554. The molecule has 2 heterocycles. The molecule has 7 aromatic carbocycles. The van der Waals surface area contributed by atoms with Gasteiger partial charge in [-0.15, -0.1) is 0 Å². The normalized spacial score (nSPS) is 14.5. The van der Waals surface area contributed by atoms with Crippen LogP contribution in [0.4, 0.5) is 0 Å². The molecule has 2 heteroatoms. The van der Waals surface area contributed by atoms with E-state index in [2.05, 4.69) is 0 Å². The fourth-order valence-electron chi connectivity index (χ4n) is 6.13. The smallest absolute Gasteiger partial charge is 0.147 e. The number of hydrogen-bond donors (Lipinski definition) is 0. The molecule has 9 rings (SSSR count). The van der Waals surface area contributed by atoms with Crippen LogP contribution in [0.1, 0.15) is 11.0 Å². The Morgan fingerprint density at radius 3 is 1.69 bits per heavy atom. The largest absolute Gasteiger partial charge is 0.456 e. The fourth-order valence-corrected chi connectivity index (χ4v) is 6.13. The van der Waals surface area contributed by atoms with Crippen molar-refractivity contribution in [2.24, 2.45) is 0 Å². The predicted octanol–water partition coefficient (Wildman–Crippen LogP) is 11.6. The molecule has 42 heavy (non-hydrogen) atoms. The Balaban J connectivity index is 1.60. The van der Waals surface area contributed by atoms with Gasteiger partial charge >= 0.3 is 0 Å². The van der Waals surface area contributed by atoms with E-state index in [9.17, 15) is 5.48 Å². The molecular weight excluding hydrogens is 512 g/mol. The van der Waals surface area contributed by atoms with Gasteiger partial charge in [0, 0.05) is 16.3 Å². The second-order valence-corrected chi connectivity index (χ2v) is 10.2. The molecule has 0 atom stereocenters. The van der Waals surface area contributed by atoms with Crippen LogP contribution in [0.15, 0.2) is 154 Å². The Bertz CT molecular complexity index is 2810. The molecule has 0 unspecified atom stereocenters. The molecule has 0 radical (unpaired) electrons. The van der Waals surface area contributed by atoms with Crippen LogP contribution >= 0.6 is 0 Å². The monoisotopic (exact) mass is 544 g/mol. The second kappa shape index (κ2) is 8.95. The molecule has 9 aromatic rings. The van der Waals surface area contributed by atoms with E-state index in [4.69, 9.17) is 14.3 Å². The van der Waals surface area contributed by atoms with Gasteiger partial charge in [0.25, 0.3) is 0 Å². The maximum Gasteiger partial charge on any atom is 0.147 e. The summed E-state index contributed by atoms with van der Waals surface area (Å²) >= 11 is 0. The van der Waals surface area contributed by atoms with Crippen LogP contribution in [-0.2, 0) is 0 Å². The summed E-state index contributed by atoms with van der Waals surface area (Å²) in [6, 6.07) is 26.7. The highest BCUT2D eigenvalue weighted by Crippen LogP contribution is 2.48. The van der Waals surface area contributed by atoms with Crippen LogP contribution in [0.3, 0.4) is 0 Å². The van der Waals surface area contributed by atoms with Crippen LogP contribution < -0.4 is 0 Å². The first-order valence-electron chi connectivity index (χ1n) is 17.6. The number of rotatable bonds is 3. The third-order valence-electron chi connectivity index (χ3n) is 7.91. The first-order chi connectivity index (χ1) is 24.2. The molecule has 2 aromatic heterocycles. The van der Waals surface area contributed by atoms with Crippen molar-refractivity contribution in [3.8, 4) is 33.6 Å². The summed E-state index contributed by atoms with van der Waals surface area (Å²) in [6.45, 7) is 0. The highest BCUT2D eigenvalue weighted by Gasteiger charge is 2.23. The second-order valence-electron chi connectivity index (χ2n) is 10.2. The number of hydrogen-bond acceptors (Lipinski definition) is 2. The van der Waals surface area contributed by atoms with Gasteiger partial charge in [-0.2, -0.15) is 0 Å². The van der Waals surface area contributed by atoms with E-state index in [-0.39, 0.29) is 51.3 Å². The van der Waals surface area contributed by atoms with Crippen molar-refractivity contribution < 1.29 is 19.8 Å². The molecule has 2 nitrogen and oxygen atoms in total. The van der Waals surface area contributed by atoms with Crippen molar-refractivity contribution in [2.45, 2.75) is 0 Å². The Labute approximate surface area is 253 Å². The molecule has 0 aliphatic carbocycles. The molecule has 0 spiro atoms. The number of furan rings is 2. The summed E-state index contributed by atoms with van der Waals surface area (Å²) in [6.07, 6.45) is 0. The zero-order chi connectivity index (χ0) is 34.6. The summed E-state index contributed by atoms with van der Waals surface area (Å²) in [5, 5.41) is 2.71. The Hall–Kier alpha value is -5.60. The first kappa shape index (κ1) is 16.6. The van der Waals surface area contributed by atoms with Crippen LogP contribution in [0.2, 0.25) is 0 Å². The Morgan fingerprint density at radius 2 is 1.02 bits per heavy atom. The average molecular weight is 545 g/mol. The van der Waals surface area contributed by atoms with E-state index in [1.54, 1.807) is 30.3 Å². The van der Waals surface area contributed by atoms with Crippen LogP contribution in [0.5, 0.6) is 0 Å². The maximum atomic E-state index is 9.34. The number of fused-ring (bicyclic) bond motifs is 7. The summed E-state index contributed by atoms with van der Waals surface area (Å²) in [4.78, 5) is 0. The Morgan fingerprint density at radius 1 is 0.452 bits per heavy atom. The third kappa shape index (κ3) is 3.33. The zero-order valence-electron chi connectivity index (χ0n) is 30.1. The van der Waals surface area contributed by atoms with Gasteiger partial charge in [-0.05, 0) is 62.0 Å². The highest BCUT2D eigenvalue weighted by molar-refractivity contribution is 6.27. The lowest BCUT2D eigenvalue weighted by Crippen LogP contribution is -1.91. The van der Waals surface area contributed by atoms with Crippen molar-refractivity contribution in [3.05, 3.63) is 145 Å². The van der Waals surface area contributed by atoms with E-state index in [0.29, 0.717) is 44.6 Å². The van der Waals surface area contributed by atoms with Gasteiger partial charge in [0.15, 0.2) is 0 Å². The lowest BCUT2D eigenvalue weighted by atomic mass is 9.85. The van der Waals surface area contributed by atoms with Gasteiger partial charge in [-0.3, -0.25) is 0 Å². The fraction of sp³-hybridized carbons (Fsp3) is 0. The molecule has 0 aliphatic rings. The molecule has 0 bridgehead atoms. The van der Waals surface area contributed by atoms with Gasteiger partial charge in [-0.25, -0.2) is 0 Å². The SMILES string of the molecule is [2H]c1c([2H])c([2H])c2c(-c3cc4oc5ccccc5c4c4oc(-c5ccccc5)cc34)c3c([2H])c([2H])c([2H])c([2H])c3c(-c3ccccc3)c2c1[2H]. The van der Waals surface area contributed by atoms with Crippen LogP contribution in [-0.4, -0.2) is 0 Å². The van der Waals surface area contributed by atoms with Gasteiger partial charge in [-0.1, -0.05) is 127 Å². The predicted molar refractivity (Wildman–Crippen MR) is 175 cm³/mol. The van der Waals surface area contributed by atoms with Crippen molar-refractivity contribution in [2.75, 3.05) is 0 Å². The molecule has 0 N–H and O–H groups in total. The minimum Gasteiger partial charge on any atom is -0.456 e. The van der Waals surface area contributed by atoms with Crippen molar-refractivity contribution in [1.29, 1.82) is 0 Å². The summed E-state index contributed by atoms with van der Waals surface area (Å²) < 4.78 is 85.2. The maximum absolute atomic E-state index is 9.34. The molecular formula is C40H24O2. The van der Waals surface area contributed by atoms with E-state index in [1.807, 2.05) is 66.7 Å². The third-order valence-corrected chi connectivity index (χ3v) is 7.91. The van der Waals surface area contributed by atoms with E-state index in [0.717, 1.165) is 16.3 Å². The van der Waals surface area contributed by atoms with E-state index >= 15 is 0 Å². The average Bonchev–Trinajstić information content (AvgIpc) is 3.76. The van der Waals surface area contributed by atoms with Gasteiger partial charge in [0.05, 0.1) is 16.4 Å². The van der Waals surface area contributed by atoms with Crippen LogP contribution in [0.25, 0.3) is 88.0 Å². The zero-order valence-corrected chi connectivity index (χ0v) is 22.1. The summed E-state index contributed by atoms with van der Waals surface area (Å²) in [7, 11) is 0. The molecule has 0 fully saturated rings. The quantitative estimate of drug-likeness (QED) is 0.207. The first-order valence-corrected chi connectivity index (χ1v) is 13.6. The molecule has 0 aliphatic heterocycles. The van der Waals surface area contributed by atoms with E-state index in [1.165, 1.54) is 0 Å². The van der Waals surface area contributed by atoms with Gasteiger partial charge in [0.2, 0.25) is 0 Å². The van der Waals surface area contributed by atoms with Crippen molar-refractivity contribution >= 4 is 54.5 Å². The lowest BCUT2D eigenvalue weighted by molar-refractivity contribution is 0.633. The standard InChI is InChI=1S/C40H24O2/c1-3-13-25(14-4-1)35-24-33-32(23-36-39(40(33)42-35)31-21-11-12-22-34(31)41-36)38-29-19-9-7-17-27(29)37(26-15-5-2-6-16-26)28-18-8-10-20-30(28)38/h1-24H/i7D,8D,9D,10D,17D,18D,19D,20D. The van der Waals surface area contributed by atoms with Crippen molar-refractivity contribution in [3.63, 3.8) is 0 Å². The minimum atomic E-state index is -0.457. The highest BCUT2D eigenvalue weighted by atomic mass is 16.3. The van der Waals surface area contributed by atoms with Gasteiger partial charge < -0.3 is 8.83 Å². The van der Waals surface area contributed by atoms with E-state index < -0.39 is 24.2 Å². The summed E-state index contributed by atoms with van der Waals surface area (Å²) in [5.41, 5.74) is 3.91. The lowest BCUT2D eigenvalue weighted by Gasteiger charge is -2.18. The minimum absolute atomic E-state index is 0.131. The topological polar surface area (TPSA) is 26.3 Å². The van der Waals surface area contributed by atoms with Crippen LogP contribution in [0, 0.1) is 0 Å². The van der Waals surface area contributed by atoms with Crippen molar-refractivity contribution in [1.82, 2.24) is 0 Å². The van der Waals surface area contributed by atoms with Gasteiger partial charge in [0.1, 0.15) is 22.5 Å².